The third-order valence-electron chi connectivity index (χ3n) is 2.42. The number of hydrogen-bond acceptors (Lipinski definition) is 3. The predicted octanol–water partition coefficient (Wildman–Crippen LogP) is 1.71. The minimum atomic E-state index is -3.19. The largest absolute Gasteiger partial charge is 0.494 e. The van der Waals surface area contributed by atoms with Crippen molar-refractivity contribution in [2.24, 2.45) is 0 Å². The first-order valence-electron chi connectivity index (χ1n) is 5.78. The molecule has 1 aromatic rings. The van der Waals surface area contributed by atoms with Crippen molar-refractivity contribution < 1.29 is 17.5 Å². The smallest absolute Gasteiger partial charge is 0.211 e. The van der Waals surface area contributed by atoms with E-state index in [2.05, 4.69) is 4.72 Å². The molecular formula is C12H18FNO3S. The standard InChI is InChI=1S/C12H18FNO3S/c1-3-8-18(15,16)14-7-6-10-4-5-12(17-2)11(13)9-10/h4-5,9,14H,3,6-8H2,1-2H3. The molecular weight excluding hydrogens is 257 g/mol. The van der Waals surface area contributed by atoms with Crippen molar-refractivity contribution in [2.75, 3.05) is 19.4 Å². The molecule has 0 bridgehead atoms. The Hall–Kier alpha value is -1.14. The fourth-order valence-electron chi connectivity index (χ4n) is 1.56. The van der Waals surface area contributed by atoms with Crippen molar-refractivity contribution in [1.29, 1.82) is 0 Å². The molecule has 1 rings (SSSR count). The summed E-state index contributed by atoms with van der Waals surface area (Å²) in [6.45, 7) is 2.08. The molecule has 0 spiro atoms. The van der Waals surface area contributed by atoms with Crippen molar-refractivity contribution in [3.63, 3.8) is 0 Å². The monoisotopic (exact) mass is 275 g/mol. The van der Waals surface area contributed by atoms with E-state index in [1.165, 1.54) is 19.2 Å². The lowest BCUT2D eigenvalue weighted by atomic mass is 10.1. The Bertz CT molecular complexity index is 488. The molecule has 0 heterocycles. The molecule has 1 N–H and O–H groups in total. The molecule has 0 saturated heterocycles. The van der Waals surface area contributed by atoms with E-state index in [9.17, 15) is 12.8 Å². The van der Waals surface area contributed by atoms with Crippen LogP contribution in [0.15, 0.2) is 18.2 Å². The first-order chi connectivity index (χ1) is 8.48. The number of benzene rings is 1. The molecule has 6 heteroatoms. The highest BCUT2D eigenvalue weighted by Gasteiger charge is 2.08. The van der Waals surface area contributed by atoms with Crippen LogP contribution in [0, 0.1) is 5.82 Å². The highest BCUT2D eigenvalue weighted by Crippen LogP contribution is 2.17. The molecule has 102 valence electrons. The quantitative estimate of drug-likeness (QED) is 0.824. The van der Waals surface area contributed by atoms with Crippen molar-refractivity contribution in [3.8, 4) is 5.75 Å². The van der Waals surface area contributed by atoms with E-state index in [0.29, 0.717) is 12.8 Å². The van der Waals surface area contributed by atoms with Crippen LogP contribution in [0.25, 0.3) is 0 Å². The molecule has 0 aromatic heterocycles. The van der Waals surface area contributed by atoms with Gasteiger partial charge < -0.3 is 4.74 Å². The van der Waals surface area contributed by atoms with E-state index >= 15 is 0 Å². The summed E-state index contributed by atoms with van der Waals surface area (Å²) in [5.74, 6) is -0.138. The molecule has 0 unspecified atom stereocenters. The zero-order chi connectivity index (χ0) is 13.6. The van der Waals surface area contributed by atoms with Crippen LogP contribution >= 0.6 is 0 Å². The first kappa shape index (κ1) is 14.9. The van der Waals surface area contributed by atoms with Crippen LogP contribution in [-0.2, 0) is 16.4 Å². The van der Waals surface area contributed by atoms with Crippen molar-refractivity contribution in [2.45, 2.75) is 19.8 Å². The summed E-state index contributed by atoms with van der Waals surface area (Å²) in [6, 6.07) is 4.61. The Balaban J connectivity index is 2.52. The Kier molecular flexibility index (Phi) is 5.55. The number of ether oxygens (including phenoxy) is 1. The molecule has 0 aliphatic carbocycles. The highest BCUT2D eigenvalue weighted by atomic mass is 32.2. The SMILES string of the molecule is CCCS(=O)(=O)NCCc1ccc(OC)c(F)c1. The van der Waals surface area contributed by atoms with Gasteiger partial charge in [-0.05, 0) is 30.5 Å². The topological polar surface area (TPSA) is 55.4 Å². The molecule has 0 aliphatic rings. The van der Waals surface area contributed by atoms with Gasteiger partial charge >= 0.3 is 0 Å². The molecule has 0 aliphatic heterocycles. The molecule has 0 atom stereocenters. The fourth-order valence-corrected chi connectivity index (χ4v) is 2.65. The first-order valence-corrected chi connectivity index (χ1v) is 7.43. The van der Waals surface area contributed by atoms with Crippen LogP contribution in [0.4, 0.5) is 4.39 Å². The summed E-state index contributed by atoms with van der Waals surface area (Å²) in [5.41, 5.74) is 0.729. The molecule has 18 heavy (non-hydrogen) atoms. The van der Waals surface area contributed by atoms with Gasteiger partial charge in [0.15, 0.2) is 11.6 Å². The van der Waals surface area contributed by atoms with Gasteiger partial charge in [-0.15, -0.1) is 0 Å². The Morgan fingerprint density at radius 3 is 2.67 bits per heavy atom. The lowest BCUT2D eigenvalue weighted by Gasteiger charge is -2.07. The number of methoxy groups -OCH3 is 1. The summed E-state index contributed by atoms with van der Waals surface area (Å²) in [5, 5.41) is 0. The molecule has 0 amide bonds. The third kappa shape index (κ3) is 4.62. The maximum absolute atomic E-state index is 13.4. The second-order valence-electron chi connectivity index (χ2n) is 3.93. The van der Waals surface area contributed by atoms with E-state index in [-0.39, 0.29) is 18.0 Å². The minimum Gasteiger partial charge on any atom is -0.494 e. The maximum atomic E-state index is 13.4. The normalized spacial score (nSPS) is 11.5. The van der Waals surface area contributed by atoms with Gasteiger partial charge in [0.25, 0.3) is 0 Å². The van der Waals surface area contributed by atoms with Crippen LogP contribution in [0.1, 0.15) is 18.9 Å². The van der Waals surface area contributed by atoms with Gasteiger partial charge in [0, 0.05) is 6.54 Å². The fraction of sp³-hybridized carbons (Fsp3) is 0.500. The zero-order valence-corrected chi connectivity index (χ0v) is 11.4. The lowest BCUT2D eigenvalue weighted by molar-refractivity contribution is 0.386. The second kappa shape index (κ2) is 6.70. The van der Waals surface area contributed by atoms with Crippen LogP contribution in [0.5, 0.6) is 5.75 Å². The molecule has 1 aromatic carbocycles. The van der Waals surface area contributed by atoms with Crippen molar-refractivity contribution >= 4 is 10.0 Å². The molecule has 4 nitrogen and oxygen atoms in total. The summed E-state index contributed by atoms with van der Waals surface area (Å²) in [4.78, 5) is 0. The van der Waals surface area contributed by atoms with Gasteiger partial charge in [-0.2, -0.15) is 0 Å². The summed E-state index contributed by atoms with van der Waals surface area (Å²) >= 11 is 0. The van der Waals surface area contributed by atoms with Crippen molar-refractivity contribution in [3.05, 3.63) is 29.6 Å². The molecule has 0 fully saturated rings. The van der Waals surface area contributed by atoms with E-state index < -0.39 is 15.8 Å². The van der Waals surface area contributed by atoms with Crippen LogP contribution in [0.2, 0.25) is 0 Å². The van der Waals surface area contributed by atoms with Gasteiger partial charge in [0.2, 0.25) is 10.0 Å². The number of hydrogen-bond donors (Lipinski definition) is 1. The average Bonchev–Trinajstić information content (AvgIpc) is 2.29. The maximum Gasteiger partial charge on any atom is 0.211 e. The lowest BCUT2D eigenvalue weighted by Crippen LogP contribution is -2.28. The molecule has 0 saturated carbocycles. The number of nitrogens with one attached hydrogen (secondary N) is 1. The van der Waals surface area contributed by atoms with Gasteiger partial charge in [-0.25, -0.2) is 17.5 Å². The number of sulfonamides is 1. The average molecular weight is 275 g/mol. The van der Waals surface area contributed by atoms with Crippen molar-refractivity contribution in [1.82, 2.24) is 4.72 Å². The Morgan fingerprint density at radius 2 is 2.11 bits per heavy atom. The van der Waals surface area contributed by atoms with Gasteiger partial charge in [-0.3, -0.25) is 0 Å². The third-order valence-corrected chi connectivity index (χ3v) is 4.01. The predicted molar refractivity (Wildman–Crippen MR) is 68.7 cm³/mol. The Morgan fingerprint density at radius 1 is 1.39 bits per heavy atom. The Labute approximate surface area is 107 Å². The summed E-state index contributed by atoms with van der Waals surface area (Å²) in [6.07, 6.45) is 1.02. The number of rotatable bonds is 7. The van der Waals surface area contributed by atoms with E-state index in [1.54, 1.807) is 13.0 Å². The molecule has 0 radical (unpaired) electrons. The van der Waals surface area contributed by atoms with Crippen LogP contribution in [0.3, 0.4) is 0 Å². The second-order valence-corrected chi connectivity index (χ2v) is 5.86. The number of halogens is 1. The van der Waals surface area contributed by atoms with Gasteiger partial charge in [0.05, 0.1) is 12.9 Å². The van der Waals surface area contributed by atoms with Gasteiger partial charge in [0.1, 0.15) is 0 Å². The van der Waals surface area contributed by atoms with Crippen LogP contribution < -0.4 is 9.46 Å². The van der Waals surface area contributed by atoms with E-state index in [4.69, 9.17) is 4.74 Å². The van der Waals surface area contributed by atoms with Gasteiger partial charge in [-0.1, -0.05) is 13.0 Å². The summed E-state index contributed by atoms with van der Waals surface area (Å²) in [7, 11) is -1.79. The minimum absolute atomic E-state index is 0.115. The summed E-state index contributed by atoms with van der Waals surface area (Å²) < 4.78 is 43.4. The van der Waals surface area contributed by atoms with E-state index in [1.807, 2.05) is 0 Å². The van der Waals surface area contributed by atoms with E-state index in [0.717, 1.165) is 5.56 Å². The zero-order valence-electron chi connectivity index (χ0n) is 10.6. The van der Waals surface area contributed by atoms with Crippen LogP contribution in [-0.4, -0.2) is 27.8 Å². The highest BCUT2D eigenvalue weighted by molar-refractivity contribution is 7.89.